The Morgan fingerprint density at radius 2 is 2.24 bits per heavy atom. The van der Waals surface area contributed by atoms with Gasteiger partial charge in [0.05, 0.1) is 6.33 Å². The van der Waals surface area contributed by atoms with Gasteiger partial charge in [-0.05, 0) is 19.3 Å². The molecule has 6 heteroatoms. The van der Waals surface area contributed by atoms with Crippen molar-refractivity contribution in [1.82, 2.24) is 19.1 Å². The molecule has 2 heterocycles. The molecular formula is C11H14N4O2. The van der Waals surface area contributed by atoms with Gasteiger partial charge in [-0.15, -0.1) is 0 Å². The maximum absolute atomic E-state index is 12.2. The molecule has 0 unspecified atom stereocenters. The topological polar surface area (TPSA) is 72.7 Å². The molecule has 90 valence electrons. The normalized spacial score (nSPS) is 15.6. The van der Waals surface area contributed by atoms with Gasteiger partial charge in [-0.25, -0.2) is 9.78 Å². The molecule has 1 saturated carbocycles. The fourth-order valence-corrected chi connectivity index (χ4v) is 2.16. The van der Waals surface area contributed by atoms with Crippen LogP contribution in [-0.2, 0) is 6.54 Å². The largest absolute Gasteiger partial charge is 0.339 e. The molecule has 6 nitrogen and oxygen atoms in total. The zero-order valence-electron chi connectivity index (χ0n) is 9.64. The van der Waals surface area contributed by atoms with E-state index in [1.54, 1.807) is 4.57 Å². The Morgan fingerprint density at radius 3 is 2.88 bits per heavy atom. The number of nitrogens with zero attached hydrogens (tertiary/aromatic N) is 3. The van der Waals surface area contributed by atoms with Gasteiger partial charge in [0.2, 0.25) is 0 Å². The number of imidazole rings is 1. The first kappa shape index (κ1) is 10.3. The summed E-state index contributed by atoms with van der Waals surface area (Å²) in [6.45, 7) is 2.59. The summed E-state index contributed by atoms with van der Waals surface area (Å²) >= 11 is 0. The molecule has 3 rings (SSSR count). The smallest absolute Gasteiger partial charge is 0.332 e. The fraction of sp³-hybridized carbons (Fsp3) is 0.545. The van der Waals surface area contributed by atoms with Crippen molar-refractivity contribution in [3.05, 3.63) is 27.2 Å². The van der Waals surface area contributed by atoms with Gasteiger partial charge in [0.15, 0.2) is 5.65 Å². The Bertz CT molecular complexity index is 675. The van der Waals surface area contributed by atoms with Gasteiger partial charge in [-0.2, -0.15) is 0 Å². The molecule has 1 fully saturated rings. The molecule has 0 radical (unpaired) electrons. The van der Waals surface area contributed by atoms with E-state index in [1.165, 1.54) is 10.9 Å². The third-order valence-corrected chi connectivity index (χ3v) is 3.10. The lowest BCUT2D eigenvalue weighted by molar-refractivity contribution is 0.571. The highest BCUT2D eigenvalue weighted by molar-refractivity contribution is 5.68. The SMILES string of the molecule is CCCn1c(=O)n(C2CC2)c(=O)c2[nH]cnc21. The number of hydrogen-bond acceptors (Lipinski definition) is 3. The molecule has 0 saturated heterocycles. The van der Waals surface area contributed by atoms with E-state index in [0.29, 0.717) is 17.7 Å². The lowest BCUT2D eigenvalue weighted by Crippen LogP contribution is -2.39. The highest BCUT2D eigenvalue weighted by Crippen LogP contribution is 2.32. The first-order valence-corrected chi connectivity index (χ1v) is 5.92. The van der Waals surface area contributed by atoms with E-state index in [0.717, 1.165) is 19.3 Å². The second-order valence-electron chi connectivity index (χ2n) is 4.44. The lowest BCUT2D eigenvalue weighted by Gasteiger charge is -2.09. The Balaban J connectivity index is 2.40. The first-order valence-electron chi connectivity index (χ1n) is 5.92. The van der Waals surface area contributed by atoms with E-state index < -0.39 is 0 Å². The van der Waals surface area contributed by atoms with Crippen molar-refractivity contribution < 1.29 is 0 Å². The average Bonchev–Trinajstić information content (AvgIpc) is 3.01. The van der Waals surface area contributed by atoms with Crippen molar-refractivity contribution in [3.63, 3.8) is 0 Å². The minimum atomic E-state index is -0.239. The molecule has 1 aliphatic carbocycles. The maximum atomic E-state index is 12.2. The number of fused-ring (bicyclic) bond motifs is 1. The molecule has 0 spiro atoms. The predicted octanol–water partition coefficient (Wildman–Crippen LogP) is 0.631. The zero-order chi connectivity index (χ0) is 12.0. The standard InChI is InChI=1S/C11H14N4O2/c1-2-5-14-9-8(12-6-13-9)10(16)15(11(14)17)7-3-4-7/h6-7H,2-5H2,1H3,(H,12,13). The van der Waals surface area contributed by atoms with E-state index in [9.17, 15) is 9.59 Å². The summed E-state index contributed by atoms with van der Waals surface area (Å²) in [7, 11) is 0. The van der Waals surface area contributed by atoms with Crippen LogP contribution >= 0.6 is 0 Å². The molecule has 0 aliphatic heterocycles. The van der Waals surface area contributed by atoms with Crippen LogP contribution in [0.3, 0.4) is 0 Å². The predicted molar refractivity (Wildman–Crippen MR) is 63.2 cm³/mol. The molecule has 1 N–H and O–H groups in total. The molecule has 17 heavy (non-hydrogen) atoms. The van der Waals surface area contributed by atoms with Crippen LogP contribution in [-0.4, -0.2) is 19.1 Å². The first-order chi connectivity index (χ1) is 8.24. The van der Waals surface area contributed by atoms with Crippen molar-refractivity contribution in [2.24, 2.45) is 0 Å². The van der Waals surface area contributed by atoms with Gasteiger partial charge in [-0.3, -0.25) is 13.9 Å². The van der Waals surface area contributed by atoms with Gasteiger partial charge in [0.25, 0.3) is 5.56 Å². The monoisotopic (exact) mass is 234 g/mol. The van der Waals surface area contributed by atoms with Gasteiger partial charge < -0.3 is 4.98 Å². The van der Waals surface area contributed by atoms with Crippen molar-refractivity contribution in [2.75, 3.05) is 0 Å². The number of aromatic nitrogens is 4. The van der Waals surface area contributed by atoms with Gasteiger partial charge >= 0.3 is 5.69 Å². The van der Waals surface area contributed by atoms with Gasteiger partial charge in [0.1, 0.15) is 5.52 Å². The molecule has 2 aromatic rings. The average molecular weight is 234 g/mol. The molecule has 0 amide bonds. The Kier molecular flexibility index (Phi) is 2.17. The Labute approximate surface area is 96.9 Å². The summed E-state index contributed by atoms with van der Waals surface area (Å²) in [6, 6.07) is 0.0887. The zero-order valence-corrected chi connectivity index (χ0v) is 9.64. The molecule has 0 aromatic carbocycles. The minimum absolute atomic E-state index is 0.0887. The number of aryl methyl sites for hydroxylation is 1. The van der Waals surface area contributed by atoms with Gasteiger partial charge in [0, 0.05) is 12.6 Å². The van der Waals surface area contributed by atoms with E-state index in [2.05, 4.69) is 9.97 Å². The summed E-state index contributed by atoms with van der Waals surface area (Å²) in [5, 5.41) is 0. The summed E-state index contributed by atoms with van der Waals surface area (Å²) in [5.74, 6) is 0. The number of nitrogens with one attached hydrogen (secondary N) is 1. The van der Waals surface area contributed by atoms with E-state index in [1.807, 2.05) is 6.92 Å². The van der Waals surface area contributed by atoms with Crippen molar-refractivity contribution in [3.8, 4) is 0 Å². The second-order valence-corrected chi connectivity index (χ2v) is 4.44. The summed E-state index contributed by atoms with van der Waals surface area (Å²) in [6.07, 6.45) is 4.14. The second kappa shape index (κ2) is 3.58. The van der Waals surface area contributed by atoms with Crippen LogP contribution in [0.1, 0.15) is 32.2 Å². The molecular weight excluding hydrogens is 220 g/mol. The van der Waals surface area contributed by atoms with Crippen molar-refractivity contribution in [1.29, 1.82) is 0 Å². The third-order valence-electron chi connectivity index (χ3n) is 3.10. The maximum Gasteiger partial charge on any atom is 0.332 e. The summed E-state index contributed by atoms with van der Waals surface area (Å²) in [5.41, 5.74) is 0.444. The molecule has 2 aromatic heterocycles. The fourth-order valence-electron chi connectivity index (χ4n) is 2.16. The van der Waals surface area contributed by atoms with Crippen LogP contribution in [0.4, 0.5) is 0 Å². The summed E-state index contributed by atoms with van der Waals surface area (Å²) < 4.78 is 2.96. The quantitative estimate of drug-likeness (QED) is 0.846. The summed E-state index contributed by atoms with van der Waals surface area (Å²) in [4.78, 5) is 31.3. The molecule has 0 bridgehead atoms. The Morgan fingerprint density at radius 1 is 1.47 bits per heavy atom. The molecule has 1 aliphatic rings. The van der Waals surface area contributed by atoms with Crippen molar-refractivity contribution in [2.45, 2.75) is 38.8 Å². The number of H-pyrrole nitrogens is 1. The van der Waals surface area contributed by atoms with E-state index in [4.69, 9.17) is 0 Å². The van der Waals surface area contributed by atoms with Crippen LogP contribution < -0.4 is 11.2 Å². The highest BCUT2D eigenvalue weighted by atomic mass is 16.2. The minimum Gasteiger partial charge on any atom is -0.339 e. The van der Waals surface area contributed by atoms with Crippen LogP contribution in [0.5, 0.6) is 0 Å². The van der Waals surface area contributed by atoms with E-state index in [-0.39, 0.29) is 17.3 Å². The van der Waals surface area contributed by atoms with Crippen LogP contribution in [0.2, 0.25) is 0 Å². The number of rotatable bonds is 3. The van der Waals surface area contributed by atoms with Gasteiger partial charge in [-0.1, -0.05) is 6.92 Å². The van der Waals surface area contributed by atoms with Crippen LogP contribution in [0, 0.1) is 0 Å². The van der Waals surface area contributed by atoms with E-state index >= 15 is 0 Å². The van der Waals surface area contributed by atoms with Crippen LogP contribution in [0.25, 0.3) is 11.2 Å². The lowest BCUT2D eigenvalue weighted by atomic mass is 10.4. The third kappa shape index (κ3) is 1.44. The number of hydrogen-bond donors (Lipinski definition) is 1. The Hall–Kier alpha value is -1.85. The number of aromatic amines is 1. The van der Waals surface area contributed by atoms with Crippen LogP contribution in [0.15, 0.2) is 15.9 Å². The molecule has 0 atom stereocenters. The van der Waals surface area contributed by atoms with Crippen molar-refractivity contribution >= 4 is 11.2 Å². The highest BCUT2D eigenvalue weighted by Gasteiger charge is 2.29.